The van der Waals surface area contributed by atoms with Crippen LogP contribution in [-0.2, 0) is 0 Å². The van der Waals surface area contributed by atoms with Crippen LogP contribution in [0.4, 0.5) is 5.82 Å². The van der Waals surface area contributed by atoms with Crippen LogP contribution >= 0.6 is 0 Å². The molecule has 0 spiro atoms. The number of rotatable bonds is 3. The highest BCUT2D eigenvalue weighted by molar-refractivity contribution is 5.92. The van der Waals surface area contributed by atoms with Crippen LogP contribution in [0.25, 0.3) is 0 Å². The van der Waals surface area contributed by atoms with Gasteiger partial charge in [-0.2, -0.15) is 0 Å². The predicted molar refractivity (Wildman–Crippen MR) is 76.7 cm³/mol. The molecule has 0 unspecified atom stereocenters. The lowest BCUT2D eigenvalue weighted by molar-refractivity contribution is 0.0931. The Kier molecular flexibility index (Phi) is 4.08. The van der Waals surface area contributed by atoms with E-state index in [1.54, 1.807) is 18.2 Å². The second-order valence-electron chi connectivity index (χ2n) is 6.27. The molecule has 1 amide bonds. The van der Waals surface area contributed by atoms with Crippen LogP contribution in [0, 0.1) is 11.3 Å². The summed E-state index contributed by atoms with van der Waals surface area (Å²) in [6.07, 6.45) is 4.86. The molecule has 4 nitrogen and oxygen atoms in total. The number of amides is 1. The molecule has 0 atom stereocenters. The lowest BCUT2D eigenvalue weighted by Crippen LogP contribution is -2.33. The maximum atomic E-state index is 11.9. The second-order valence-corrected chi connectivity index (χ2v) is 6.27. The minimum Gasteiger partial charge on any atom is -0.384 e. The highest BCUT2D eigenvalue weighted by Crippen LogP contribution is 2.37. The van der Waals surface area contributed by atoms with Gasteiger partial charge in [0.2, 0.25) is 0 Å². The lowest BCUT2D eigenvalue weighted by Gasteiger charge is -2.34. The number of pyridine rings is 1. The number of carbonyl (C=O) groups is 1. The van der Waals surface area contributed by atoms with Crippen LogP contribution in [0.2, 0.25) is 0 Å². The number of nitrogens with two attached hydrogens (primary N) is 1. The first-order valence-electron chi connectivity index (χ1n) is 6.97. The molecule has 0 bridgehead atoms. The summed E-state index contributed by atoms with van der Waals surface area (Å²) in [5, 5.41) is 2.97. The number of nitrogens with zero attached hydrogens (tertiary/aromatic N) is 1. The van der Waals surface area contributed by atoms with E-state index in [2.05, 4.69) is 24.1 Å². The van der Waals surface area contributed by atoms with Crippen molar-refractivity contribution in [2.45, 2.75) is 39.5 Å². The highest BCUT2D eigenvalue weighted by Gasteiger charge is 2.26. The van der Waals surface area contributed by atoms with E-state index in [1.165, 1.54) is 25.7 Å². The molecule has 0 aromatic carbocycles. The molecule has 1 fully saturated rings. The van der Waals surface area contributed by atoms with E-state index in [0.29, 0.717) is 22.8 Å². The van der Waals surface area contributed by atoms with Gasteiger partial charge >= 0.3 is 0 Å². The summed E-state index contributed by atoms with van der Waals surface area (Å²) in [6, 6.07) is 5.12. The van der Waals surface area contributed by atoms with E-state index in [0.717, 1.165) is 6.54 Å². The first-order chi connectivity index (χ1) is 8.96. The summed E-state index contributed by atoms with van der Waals surface area (Å²) >= 11 is 0. The summed E-state index contributed by atoms with van der Waals surface area (Å²) < 4.78 is 0. The van der Waals surface area contributed by atoms with Gasteiger partial charge in [-0.25, -0.2) is 4.98 Å². The Morgan fingerprint density at radius 1 is 1.42 bits per heavy atom. The average molecular weight is 261 g/mol. The van der Waals surface area contributed by atoms with Gasteiger partial charge in [-0.15, -0.1) is 0 Å². The molecule has 2 rings (SSSR count). The molecule has 1 aromatic rings. The van der Waals surface area contributed by atoms with Crippen molar-refractivity contribution in [1.82, 2.24) is 10.3 Å². The summed E-state index contributed by atoms with van der Waals surface area (Å²) in [4.78, 5) is 16.0. The standard InChI is InChI=1S/C15H23N3O/c1-15(2)8-6-11(7-9-15)10-17-14(19)12-4-3-5-13(16)18-12/h3-5,11H,6-10H2,1-2H3,(H2,16,18)(H,17,19). The number of hydrogen-bond acceptors (Lipinski definition) is 3. The SMILES string of the molecule is CC1(C)CCC(CNC(=O)c2cccc(N)n2)CC1. The van der Waals surface area contributed by atoms with E-state index in [1.807, 2.05) is 0 Å². The number of hydrogen-bond donors (Lipinski definition) is 2. The largest absolute Gasteiger partial charge is 0.384 e. The number of aromatic nitrogens is 1. The van der Waals surface area contributed by atoms with E-state index in [9.17, 15) is 4.79 Å². The van der Waals surface area contributed by atoms with Crippen molar-refractivity contribution < 1.29 is 4.79 Å². The molecule has 0 radical (unpaired) electrons. The lowest BCUT2D eigenvalue weighted by atomic mass is 9.73. The van der Waals surface area contributed by atoms with Gasteiger partial charge in [0.05, 0.1) is 0 Å². The topological polar surface area (TPSA) is 68.0 Å². The Morgan fingerprint density at radius 2 is 2.11 bits per heavy atom. The fraction of sp³-hybridized carbons (Fsp3) is 0.600. The molecule has 0 aliphatic heterocycles. The minimum absolute atomic E-state index is 0.128. The van der Waals surface area contributed by atoms with Gasteiger partial charge in [0.15, 0.2) is 0 Å². The predicted octanol–water partition coefficient (Wildman–Crippen LogP) is 2.61. The van der Waals surface area contributed by atoms with Crippen molar-refractivity contribution in [1.29, 1.82) is 0 Å². The molecule has 1 heterocycles. The van der Waals surface area contributed by atoms with Crippen molar-refractivity contribution in [2.24, 2.45) is 11.3 Å². The first kappa shape index (κ1) is 13.8. The van der Waals surface area contributed by atoms with Crippen LogP contribution in [-0.4, -0.2) is 17.4 Å². The summed E-state index contributed by atoms with van der Waals surface area (Å²) in [6.45, 7) is 5.38. The molecule has 1 aliphatic carbocycles. The molecule has 1 aliphatic rings. The van der Waals surface area contributed by atoms with E-state index < -0.39 is 0 Å². The number of nitrogen functional groups attached to an aromatic ring is 1. The highest BCUT2D eigenvalue weighted by atomic mass is 16.1. The molecular weight excluding hydrogens is 238 g/mol. The van der Waals surface area contributed by atoms with E-state index in [4.69, 9.17) is 5.73 Å². The molecule has 0 saturated heterocycles. The third kappa shape index (κ3) is 3.94. The van der Waals surface area contributed by atoms with Crippen molar-refractivity contribution >= 4 is 11.7 Å². The molecule has 3 N–H and O–H groups in total. The molecule has 1 aromatic heterocycles. The van der Waals surface area contributed by atoms with Crippen LogP contribution < -0.4 is 11.1 Å². The Hall–Kier alpha value is -1.58. The van der Waals surface area contributed by atoms with Gasteiger partial charge in [-0.05, 0) is 49.1 Å². The molecule has 19 heavy (non-hydrogen) atoms. The number of carbonyl (C=O) groups excluding carboxylic acids is 1. The van der Waals surface area contributed by atoms with Gasteiger partial charge in [0.1, 0.15) is 11.5 Å². The maximum absolute atomic E-state index is 11.9. The van der Waals surface area contributed by atoms with Crippen LogP contribution in [0.5, 0.6) is 0 Å². The Balaban J connectivity index is 1.81. The first-order valence-corrected chi connectivity index (χ1v) is 6.97. The monoisotopic (exact) mass is 261 g/mol. The maximum Gasteiger partial charge on any atom is 0.269 e. The zero-order chi connectivity index (χ0) is 13.9. The molecular formula is C15H23N3O. The van der Waals surface area contributed by atoms with Crippen molar-refractivity contribution in [3.63, 3.8) is 0 Å². The average Bonchev–Trinajstić information content (AvgIpc) is 2.37. The third-order valence-electron chi connectivity index (χ3n) is 4.01. The minimum atomic E-state index is -0.128. The quantitative estimate of drug-likeness (QED) is 0.878. The summed E-state index contributed by atoms with van der Waals surface area (Å²) in [5.41, 5.74) is 6.44. The van der Waals surface area contributed by atoms with Gasteiger partial charge in [-0.3, -0.25) is 4.79 Å². The molecule has 4 heteroatoms. The van der Waals surface area contributed by atoms with Gasteiger partial charge in [-0.1, -0.05) is 19.9 Å². The smallest absolute Gasteiger partial charge is 0.269 e. The number of anilines is 1. The van der Waals surface area contributed by atoms with Crippen LogP contribution in [0.3, 0.4) is 0 Å². The summed E-state index contributed by atoms with van der Waals surface area (Å²) in [5.74, 6) is 0.849. The second kappa shape index (κ2) is 5.59. The van der Waals surface area contributed by atoms with Crippen molar-refractivity contribution in [3.8, 4) is 0 Å². The van der Waals surface area contributed by atoms with E-state index >= 15 is 0 Å². The zero-order valence-corrected chi connectivity index (χ0v) is 11.8. The fourth-order valence-corrected chi connectivity index (χ4v) is 2.57. The molecule has 104 valence electrons. The molecule has 1 saturated carbocycles. The van der Waals surface area contributed by atoms with Gasteiger partial charge < -0.3 is 11.1 Å². The van der Waals surface area contributed by atoms with Crippen LogP contribution in [0.15, 0.2) is 18.2 Å². The number of nitrogens with one attached hydrogen (secondary N) is 1. The fourth-order valence-electron chi connectivity index (χ4n) is 2.57. The van der Waals surface area contributed by atoms with E-state index in [-0.39, 0.29) is 5.91 Å². The summed E-state index contributed by atoms with van der Waals surface area (Å²) in [7, 11) is 0. The van der Waals surface area contributed by atoms with Crippen LogP contribution in [0.1, 0.15) is 50.0 Å². The van der Waals surface area contributed by atoms with Crippen molar-refractivity contribution in [2.75, 3.05) is 12.3 Å². The Bertz CT molecular complexity index is 446. The van der Waals surface area contributed by atoms with Gasteiger partial charge in [0.25, 0.3) is 5.91 Å². The Labute approximate surface area is 114 Å². The zero-order valence-electron chi connectivity index (χ0n) is 11.8. The normalized spacial score (nSPS) is 19.1. The van der Waals surface area contributed by atoms with Crippen molar-refractivity contribution in [3.05, 3.63) is 23.9 Å². The third-order valence-corrected chi connectivity index (χ3v) is 4.01. The Morgan fingerprint density at radius 3 is 2.74 bits per heavy atom. The van der Waals surface area contributed by atoms with Gasteiger partial charge in [0, 0.05) is 6.54 Å².